The third-order valence-corrected chi connectivity index (χ3v) is 5.02. The average Bonchev–Trinajstić information content (AvgIpc) is 3.26. The van der Waals surface area contributed by atoms with Crippen LogP contribution in [-0.4, -0.2) is 31.8 Å². The van der Waals surface area contributed by atoms with Crippen LogP contribution in [0.25, 0.3) is 0 Å². The van der Waals surface area contributed by atoms with Crippen molar-refractivity contribution in [1.82, 2.24) is 0 Å². The summed E-state index contributed by atoms with van der Waals surface area (Å²) in [5.41, 5.74) is 5.66. The molecule has 3 aliphatic rings. The van der Waals surface area contributed by atoms with E-state index >= 15 is 0 Å². The Morgan fingerprint density at radius 2 is 1.84 bits per heavy atom. The molecule has 0 fully saturated rings. The van der Waals surface area contributed by atoms with E-state index in [9.17, 15) is 0 Å². The molecule has 5 nitrogen and oxygen atoms in total. The molecule has 0 spiro atoms. The van der Waals surface area contributed by atoms with E-state index in [1.54, 1.807) is 0 Å². The van der Waals surface area contributed by atoms with Crippen LogP contribution in [0.1, 0.15) is 30.5 Å². The van der Waals surface area contributed by atoms with Crippen LogP contribution in [0, 0.1) is 0 Å². The molecule has 5 rings (SSSR count). The molecule has 0 radical (unpaired) electrons. The lowest BCUT2D eigenvalue weighted by Gasteiger charge is -2.33. The summed E-state index contributed by atoms with van der Waals surface area (Å²) in [4.78, 5) is 7.19. The van der Waals surface area contributed by atoms with Gasteiger partial charge in [0.25, 0.3) is 0 Å². The predicted molar refractivity (Wildman–Crippen MR) is 96.3 cm³/mol. The number of rotatable bonds is 2. The maximum absolute atomic E-state index is 5.63. The molecule has 128 valence electrons. The van der Waals surface area contributed by atoms with Crippen molar-refractivity contribution in [1.29, 1.82) is 0 Å². The standard InChI is InChI=1S/C20H20N2O3/c1-12(2)22-10-21-20(14-3-4-17-13(7-14)5-6-23-17)15-8-18-19(9-16(15)22)25-11-24-18/h3-4,7-9,12H,5-6,10-11H2,1-2H3. The van der Waals surface area contributed by atoms with Crippen LogP contribution >= 0.6 is 0 Å². The van der Waals surface area contributed by atoms with Gasteiger partial charge in [0, 0.05) is 29.7 Å². The van der Waals surface area contributed by atoms with E-state index in [-0.39, 0.29) is 6.79 Å². The topological polar surface area (TPSA) is 43.3 Å². The van der Waals surface area contributed by atoms with Gasteiger partial charge in [-0.3, -0.25) is 4.99 Å². The summed E-state index contributed by atoms with van der Waals surface area (Å²) in [7, 11) is 0. The number of aliphatic imine (C=N–C) groups is 1. The molecular weight excluding hydrogens is 316 g/mol. The monoisotopic (exact) mass is 336 g/mol. The molecule has 0 bridgehead atoms. The van der Waals surface area contributed by atoms with Gasteiger partial charge in [0.1, 0.15) is 12.4 Å². The van der Waals surface area contributed by atoms with Gasteiger partial charge >= 0.3 is 0 Å². The lowest BCUT2D eigenvalue weighted by molar-refractivity contribution is 0.174. The number of hydrogen-bond donors (Lipinski definition) is 0. The van der Waals surface area contributed by atoms with Crippen molar-refractivity contribution in [3.05, 3.63) is 47.0 Å². The van der Waals surface area contributed by atoms with Gasteiger partial charge in [0.2, 0.25) is 6.79 Å². The van der Waals surface area contributed by atoms with Crippen molar-refractivity contribution in [3.8, 4) is 17.2 Å². The Hall–Kier alpha value is -2.69. The van der Waals surface area contributed by atoms with Crippen LogP contribution in [-0.2, 0) is 6.42 Å². The van der Waals surface area contributed by atoms with Gasteiger partial charge in [-0.2, -0.15) is 0 Å². The number of fused-ring (bicyclic) bond motifs is 3. The quantitative estimate of drug-likeness (QED) is 0.843. The Balaban J connectivity index is 1.65. The molecule has 0 aromatic heterocycles. The fraction of sp³-hybridized carbons (Fsp3) is 0.350. The van der Waals surface area contributed by atoms with Crippen molar-refractivity contribution in [2.45, 2.75) is 26.3 Å². The second-order valence-corrected chi connectivity index (χ2v) is 6.86. The molecule has 2 aromatic carbocycles. The minimum absolute atomic E-state index is 0.280. The van der Waals surface area contributed by atoms with Gasteiger partial charge in [0.05, 0.1) is 18.0 Å². The first kappa shape index (κ1) is 14.6. The zero-order chi connectivity index (χ0) is 17.0. The zero-order valence-corrected chi connectivity index (χ0v) is 14.4. The Kier molecular flexibility index (Phi) is 3.17. The number of hydrogen-bond acceptors (Lipinski definition) is 5. The highest BCUT2D eigenvalue weighted by Crippen LogP contribution is 2.41. The van der Waals surface area contributed by atoms with Gasteiger partial charge in [0.15, 0.2) is 11.5 Å². The predicted octanol–water partition coefficient (Wildman–Crippen LogP) is 3.37. The van der Waals surface area contributed by atoms with Crippen molar-refractivity contribution >= 4 is 11.4 Å². The highest BCUT2D eigenvalue weighted by atomic mass is 16.7. The lowest BCUT2D eigenvalue weighted by atomic mass is 9.95. The van der Waals surface area contributed by atoms with Crippen LogP contribution in [0.15, 0.2) is 35.3 Å². The molecule has 0 saturated carbocycles. The Morgan fingerprint density at radius 1 is 1.00 bits per heavy atom. The zero-order valence-electron chi connectivity index (χ0n) is 14.4. The smallest absolute Gasteiger partial charge is 0.231 e. The highest BCUT2D eigenvalue weighted by molar-refractivity contribution is 6.17. The van der Waals surface area contributed by atoms with Crippen LogP contribution in [0.4, 0.5) is 5.69 Å². The minimum atomic E-state index is 0.280. The van der Waals surface area contributed by atoms with Crippen LogP contribution in [0.5, 0.6) is 17.2 Å². The third-order valence-electron chi connectivity index (χ3n) is 5.02. The van der Waals surface area contributed by atoms with E-state index in [1.165, 1.54) is 5.56 Å². The van der Waals surface area contributed by atoms with Crippen molar-refractivity contribution in [2.24, 2.45) is 4.99 Å². The summed E-state index contributed by atoms with van der Waals surface area (Å²) in [5, 5.41) is 0. The number of nitrogens with zero attached hydrogens (tertiary/aromatic N) is 2. The Bertz CT molecular complexity index is 889. The van der Waals surface area contributed by atoms with Gasteiger partial charge in [-0.1, -0.05) is 0 Å². The maximum atomic E-state index is 5.63. The summed E-state index contributed by atoms with van der Waals surface area (Å²) in [5.74, 6) is 2.60. The second kappa shape index (κ2) is 5.41. The first-order valence-electron chi connectivity index (χ1n) is 8.72. The van der Waals surface area contributed by atoms with E-state index in [0.29, 0.717) is 12.7 Å². The number of benzene rings is 2. The molecule has 0 N–H and O–H groups in total. The van der Waals surface area contributed by atoms with E-state index in [2.05, 4.69) is 49.1 Å². The van der Waals surface area contributed by atoms with Crippen LogP contribution in [0.3, 0.4) is 0 Å². The van der Waals surface area contributed by atoms with E-state index in [0.717, 1.165) is 52.8 Å². The molecule has 3 aliphatic heterocycles. The molecule has 2 aromatic rings. The number of anilines is 1. The van der Waals surface area contributed by atoms with Crippen molar-refractivity contribution < 1.29 is 14.2 Å². The summed E-state index contributed by atoms with van der Waals surface area (Å²) >= 11 is 0. The largest absolute Gasteiger partial charge is 0.493 e. The van der Waals surface area contributed by atoms with Crippen molar-refractivity contribution in [2.75, 3.05) is 25.0 Å². The third kappa shape index (κ3) is 2.26. The second-order valence-electron chi connectivity index (χ2n) is 6.86. The first-order valence-corrected chi connectivity index (χ1v) is 8.72. The molecule has 0 aliphatic carbocycles. The fourth-order valence-electron chi connectivity index (χ4n) is 3.69. The molecule has 0 amide bonds. The molecule has 5 heteroatoms. The van der Waals surface area contributed by atoms with Gasteiger partial charge in [-0.25, -0.2) is 0 Å². The first-order chi connectivity index (χ1) is 12.2. The minimum Gasteiger partial charge on any atom is -0.493 e. The molecule has 0 unspecified atom stereocenters. The van der Waals surface area contributed by atoms with Crippen LogP contribution < -0.4 is 19.1 Å². The summed E-state index contributed by atoms with van der Waals surface area (Å²) in [6.45, 7) is 6.06. The summed E-state index contributed by atoms with van der Waals surface area (Å²) in [6, 6.07) is 10.9. The molecular formula is C20H20N2O3. The molecule has 0 saturated heterocycles. The fourth-order valence-corrected chi connectivity index (χ4v) is 3.69. The van der Waals surface area contributed by atoms with Gasteiger partial charge in [-0.05, 0) is 43.7 Å². The van der Waals surface area contributed by atoms with Crippen LogP contribution in [0.2, 0.25) is 0 Å². The van der Waals surface area contributed by atoms with E-state index < -0.39 is 0 Å². The Labute approximate surface area is 146 Å². The normalized spacial score (nSPS) is 17.2. The van der Waals surface area contributed by atoms with E-state index in [4.69, 9.17) is 19.2 Å². The van der Waals surface area contributed by atoms with E-state index in [1.807, 2.05) is 0 Å². The lowest BCUT2D eigenvalue weighted by Crippen LogP contribution is -2.35. The van der Waals surface area contributed by atoms with Crippen molar-refractivity contribution in [3.63, 3.8) is 0 Å². The molecule has 25 heavy (non-hydrogen) atoms. The molecule has 3 heterocycles. The molecule has 0 atom stereocenters. The SMILES string of the molecule is CC(C)N1CN=C(c2ccc3c(c2)CCO3)c2cc3c(cc21)OCO3. The number of ether oxygens (including phenoxy) is 3. The average molecular weight is 336 g/mol. The summed E-state index contributed by atoms with van der Waals surface area (Å²) < 4.78 is 16.8. The Morgan fingerprint density at radius 3 is 2.68 bits per heavy atom. The summed E-state index contributed by atoms with van der Waals surface area (Å²) in [6.07, 6.45) is 0.961. The highest BCUT2D eigenvalue weighted by Gasteiger charge is 2.28. The van der Waals surface area contributed by atoms with Gasteiger partial charge in [-0.15, -0.1) is 0 Å². The maximum Gasteiger partial charge on any atom is 0.231 e. The van der Waals surface area contributed by atoms with Gasteiger partial charge < -0.3 is 19.1 Å².